The molecule has 0 aromatic heterocycles. The zero-order chi connectivity index (χ0) is 15.2. The number of amides is 1. The molecule has 1 aliphatic carbocycles. The number of nitrogens with two attached hydrogens (primary N) is 1. The van der Waals surface area contributed by atoms with Crippen LogP contribution in [0.4, 0.5) is 0 Å². The van der Waals surface area contributed by atoms with Crippen molar-refractivity contribution in [3.63, 3.8) is 0 Å². The lowest BCUT2D eigenvalue weighted by Gasteiger charge is -2.35. The molecule has 2 N–H and O–H groups in total. The van der Waals surface area contributed by atoms with Gasteiger partial charge in [0.1, 0.15) is 0 Å². The molecule has 3 nitrogen and oxygen atoms in total. The van der Waals surface area contributed by atoms with Crippen LogP contribution in [0.2, 0.25) is 0 Å². The van der Waals surface area contributed by atoms with E-state index in [2.05, 4.69) is 6.92 Å². The number of likely N-dealkylation sites (N-methyl/N-ethyl adjacent to an activating group) is 1. The molecule has 1 aromatic rings. The van der Waals surface area contributed by atoms with Gasteiger partial charge in [0.2, 0.25) is 5.91 Å². The number of hydrogen-bond donors (Lipinski definition) is 1. The van der Waals surface area contributed by atoms with Crippen molar-refractivity contribution in [2.75, 3.05) is 7.05 Å². The average Bonchev–Trinajstić information content (AvgIpc) is 2.54. The van der Waals surface area contributed by atoms with Gasteiger partial charge in [0.25, 0.3) is 0 Å². The van der Waals surface area contributed by atoms with Crippen molar-refractivity contribution in [2.45, 2.75) is 57.5 Å². The lowest BCUT2D eigenvalue weighted by atomic mass is 9.84. The van der Waals surface area contributed by atoms with Gasteiger partial charge in [-0.15, -0.1) is 0 Å². The molecule has 0 radical (unpaired) electrons. The van der Waals surface area contributed by atoms with Crippen molar-refractivity contribution < 1.29 is 4.79 Å². The lowest BCUT2D eigenvalue weighted by Crippen LogP contribution is -2.48. The lowest BCUT2D eigenvalue weighted by molar-refractivity contribution is -0.134. The fourth-order valence-electron chi connectivity index (χ4n) is 3.34. The number of carbonyl (C=O) groups is 1. The van der Waals surface area contributed by atoms with Crippen molar-refractivity contribution >= 4 is 5.91 Å². The molecule has 1 aromatic carbocycles. The summed E-state index contributed by atoms with van der Waals surface area (Å²) in [7, 11) is 1.92. The average molecular weight is 288 g/mol. The van der Waals surface area contributed by atoms with Crippen LogP contribution in [0.15, 0.2) is 30.3 Å². The molecule has 1 fully saturated rings. The van der Waals surface area contributed by atoms with Crippen molar-refractivity contribution in [2.24, 2.45) is 11.7 Å². The third kappa shape index (κ3) is 4.31. The highest BCUT2D eigenvalue weighted by molar-refractivity contribution is 5.82. The molecule has 1 unspecified atom stereocenters. The Hall–Kier alpha value is -1.35. The Morgan fingerprint density at radius 3 is 2.43 bits per heavy atom. The van der Waals surface area contributed by atoms with Gasteiger partial charge in [-0.25, -0.2) is 0 Å². The first-order valence-electron chi connectivity index (χ1n) is 8.18. The summed E-state index contributed by atoms with van der Waals surface area (Å²) in [4.78, 5) is 14.4. The molecule has 1 saturated carbocycles. The van der Waals surface area contributed by atoms with E-state index >= 15 is 0 Å². The molecule has 0 saturated heterocycles. The highest BCUT2D eigenvalue weighted by Gasteiger charge is 2.28. The SMILES string of the molecule is CCC1CCC(N(C)C(=O)C(N)Cc2ccccc2)CC1. The third-order valence-corrected chi connectivity index (χ3v) is 4.90. The summed E-state index contributed by atoms with van der Waals surface area (Å²) < 4.78 is 0. The van der Waals surface area contributed by atoms with E-state index < -0.39 is 6.04 Å². The van der Waals surface area contributed by atoms with Crippen molar-refractivity contribution in [1.82, 2.24) is 4.90 Å². The summed E-state index contributed by atoms with van der Waals surface area (Å²) in [6.45, 7) is 2.26. The van der Waals surface area contributed by atoms with E-state index in [4.69, 9.17) is 5.73 Å². The summed E-state index contributed by atoms with van der Waals surface area (Å²) in [5.41, 5.74) is 7.25. The van der Waals surface area contributed by atoms with E-state index in [0.717, 1.165) is 24.3 Å². The van der Waals surface area contributed by atoms with E-state index in [1.807, 2.05) is 42.3 Å². The molecule has 2 rings (SSSR count). The molecular weight excluding hydrogens is 260 g/mol. The molecule has 3 heteroatoms. The smallest absolute Gasteiger partial charge is 0.239 e. The van der Waals surface area contributed by atoms with Gasteiger partial charge in [0, 0.05) is 13.1 Å². The number of nitrogens with zero attached hydrogens (tertiary/aromatic N) is 1. The Morgan fingerprint density at radius 1 is 1.24 bits per heavy atom. The molecule has 0 bridgehead atoms. The van der Waals surface area contributed by atoms with Crippen LogP contribution in [0.5, 0.6) is 0 Å². The monoisotopic (exact) mass is 288 g/mol. The summed E-state index contributed by atoms with van der Waals surface area (Å²) in [6, 6.07) is 9.96. The molecule has 1 aliphatic rings. The van der Waals surface area contributed by atoms with E-state index in [1.54, 1.807) is 0 Å². The maximum atomic E-state index is 12.5. The van der Waals surface area contributed by atoms with Gasteiger partial charge in [-0.1, -0.05) is 43.7 Å². The maximum absolute atomic E-state index is 12.5. The fourth-order valence-corrected chi connectivity index (χ4v) is 3.34. The largest absolute Gasteiger partial charge is 0.341 e. The summed E-state index contributed by atoms with van der Waals surface area (Å²) in [5, 5.41) is 0. The Labute approximate surface area is 128 Å². The summed E-state index contributed by atoms with van der Waals surface area (Å²) in [5.74, 6) is 0.932. The second-order valence-corrected chi connectivity index (χ2v) is 6.33. The van der Waals surface area contributed by atoms with Crippen LogP contribution in [0.25, 0.3) is 0 Å². The number of benzene rings is 1. The Morgan fingerprint density at radius 2 is 1.86 bits per heavy atom. The van der Waals surface area contributed by atoms with Crippen molar-refractivity contribution in [1.29, 1.82) is 0 Å². The molecule has 116 valence electrons. The molecule has 0 aliphatic heterocycles. The minimum atomic E-state index is -0.429. The molecular formula is C18H28N2O. The van der Waals surface area contributed by atoms with Crippen molar-refractivity contribution in [3.8, 4) is 0 Å². The highest BCUT2D eigenvalue weighted by atomic mass is 16.2. The standard InChI is InChI=1S/C18H28N2O/c1-3-14-9-11-16(12-10-14)20(2)18(21)17(19)13-15-7-5-4-6-8-15/h4-8,14,16-17H,3,9-13,19H2,1-2H3. The van der Waals surface area contributed by atoms with Gasteiger partial charge in [-0.3, -0.25) is 4.79 Å². The predicted octanol–water partition coefficient (Wildman–Crippen LogP) is 2.98. The van der Waals surface area contributed by atoms with Gasteiger partial charge < -0.3 is 10.6 Å². The van der Waals surface area contributed by atoms with E-state index in [-0.39, 0.29) is 5.91 Å². The third-order valence-electron chi connectivity index (χ3n) is 4.90. The first-order valence-corrected chi connectivity index (χ1v) is 8.18. The highest BCUT2D eigenvalue weighted by Crippen LogP contribution is 2.29. The Bertz CT molecular complexity index is 438. The first kappa shape index (κ1) is 16.0. The van der Waals surface area contributed by atoms with Gasteiger partial charge in [-0.05, 0) is 43.6 Å². The molecule has 1 atom stereocenters. The van der Waals surface area contributed by atoms with Gasteiger partial charge in [-0.2, -0.15) is 0 Å². The normalized spacial score (nSPS) is 23.6. The van der Waals surface area contributed by atoms with Crippen LogP contribution in [-0.4, -0.2) is 29.9 Å². The number of hydrogen-bond acceptors (Lipinski definition) is 2. The van der Waals surface area contributed by atoms with Crippen LogP contribution in [-0.2, 0) is 11.2 Å². The Kier molecular flexibility index (Phi) is 5.80. The summed E-state index contributed by atoms with van der Waals surface area (Å²) >= 11 is 0. The van der Waals surface area contributed by atoms with Gasteiger partial charge in [0.15, 0.2) is 0 Å². The van der Waals surface area contributed by atoms with Crippen LogP contribution < -0.4 is 5.73 Å². The second kappa shape index (κ2) is 7.60. The maximum Gasteiger partial charge on any atom is 0.239 e. The topological polar surface area (TPSA) is 46.3 Å². The van der Waals surface area contributed by atoms with Crippen LogP contribution in [0.1, 0.15) is 44.6 Å². The predicted molar refractivity (Wildman–Crippen MR) is 86.9 cm³/mol. The Balaban J connectivity index is 1.87. The first-order chi connectivity index (χ1) is 10.1. The molecule has 1 amide bonds. The number of rotatable bonds is 5. The van der Waals surface area contributed by atoms with Crippen LogP contribution in [0, 0.1) is 5.92 Å². The molecule has 0 heterocycles. The van der Waals surface area contributed by atoms with Crippen LogP contribution in [0.3, 0.4) is 0 Å². The second-order valence-electron chi connectivity index (χ2n) is 6.33. The number of carbonyl (C=O) groups excluding carboxylic acids is 1. The van der Waals surface area contributed by atoms with E-state index in [9.17, 15) is 4.79 Å². The minimum absolute atomic E-state index is 0.0822. The minimum Gasteiger partial charge on any atom is -0.341 e. The van der Waals surface area contributed by atoms with E-state index in [1.165, 1.54) is 19.3 Å². The van der Waals surface area contributed by atoms with Crippen LogP contribution >= 0.6 is 0 Å². The fraction of sp³-hybridized carbons (Fsp3) is 0.611. The van der Waals surface area contributed by atoms with E-state index in [0.29, 0.717) is 12.5 Å². The molecule has 0 spiro atoms. The van der Waals surface area contributed by atoms with Gasteiger partial charge >= 0.3 is 0 Å². The zero-order valence-corrected chi connectivity index (χ0v) is 13.3. The zero-order valence-electron chi connectivity index (χ0n) is 13.3. The quantitative estimate of drug-likeness (QED) is 0.905. The van der Waals surface area contributed by atoms with Crippen molar-refractivity contribution in [3.05, 3.63) is 35.9 Å². The molecule has 21 heavy (non-hydrogen) atoms. The van der Waals surface area contributed by atoms with Gasteiger partial charge in [0.05, 0.1) is 6.04 Å². The summed E-state index contributed by atoms with van der Waals surface area (Å²) in [6.07, 6.45) is 6.61.